The first-order valence-corrected chi connectivity index (χ1v) is 11.9. The van der Waals surface area contributed by atoms with Crippen LogP contribution in [-0.4, -0.2) is 25.2 Å². The molecule has 0 aliphatic carbocycles. The summed E-state index contributed by atoms with van der Waals surface area (Å²) in [6.07, 6.45) is 0.365. The smallest absolute Gasteiger partial charge is 0.303 e. The Bertz CT molecular complexity index is 1000. The van der Waals surface area contributed by atoms with Crippen molar-refractivity contribution in [3.8, 4) is 5.75 Å². The lowest BCUT2D eigenvalue weighted by Gasteiger charge is -2.15. The Hall–Kier alpha value is -1.65. The van der Waals surface area contributed by atoms with Crippen LogP contribution in [0.5, 0.6) is 5.75 Å². The summed E-state index contributed by atoms with van der Waals surface area (Å²) in [6.45, 7) is 3.07. The van der Waals surface area contributed by atoms with E-state index in [-0.39, 0.29) is 30.0 Å². The van der Waals surface area contributed by atoms with Crippen molar-refractivity contribution >= 4 is 53.5 Å². The van der Waals surface area contributed by atoms with E-state index in [0.29, 0.717) is 26.7 Å². The van der Waals surface area contributed by atoms with E-state index in [1.807, 2.05) is 0 Å². The zero-order valence-corrected chi connectivity index (χ0v) is 19.7. The summed E-state index contributed by atoms with van der Waals surface area (Å²) in [5.41, 5.74) is 1.57. The van der Waals surface area contributed by atoms with E-state index in [9.17, 15) is 17.6 Å². The molecule has 10 heteroatoms. The first kappa shape index (κ1) is 23.6. The Morgan fingerprint density at radius 1 is 1.21 bits per heavy atom. The molecule has 2 N–H and O–H groups in total. The lowest BCUT2D eigenvalue weighted by atomic mass is 10.1. The minimum atomic E-state index is -3.61. The number of sulfonamides is 1. The van der Waals surface area contributed by atoms with Crippen LogP contribution in [0.15, 0.2) is 33.2 Å². The number of halogens is 3. The van der Waals surface area contributed by atoms with E-state index in [0.717, 1.165) is 5.56 Å². The largest absolute Gasteiger partial charge is 0.486 e. The maximum atomic E-state index is 14.8. The average Bonchev–Trinajstić information content (AvgIpc) is 2.62. The number of carboxylic acids is 1. The number of aliphatic carboxylic acids is 1. The van der Waals surface area contributed by atoms with E-state index in [2.05, 4.69) is 36.6 Å². The third kappa shape index (κ3) is 6.68. The van der Waals surface area contributed by atoms with Gasteiger partial charge in [0.05, 0.1) is 20.4 Å². The molecule has 0 radical (unpaired) electrons. The van der Waals surface area contributed by atoms with Crippen molar-refractivity contribution in [2.45, 2.75) is 33.3 Å². The van der Waals surface area contributed by atoms with Crippen molar-refractivity contribution in [1.82, 2.24) is 0 Å². The zero-order chi connectivity index (χ0) is 21.8. The van der Waals surface area contributed by atoms with E-state index in [1.165, 1.54) is 13.0 Å². The van der Waals surface area contributed by atoms with Gasteiger partial charge in [-0.1, -0.05) is 0 Å². The monoisotopic (exact) mass is 551 g/mol. The molecule has 0 saturated heterocycles. The molecule has 0 atom stereocenters. The molecule has 2 aromatic carbocycles. The Morgan fingerprint density at radius 3 is 2.38 bits per heavy atom. The molecule has 0 heterocycles. The molecular weight excluding hydrogens is 533 g/mol. The van der Waals surface area contributed by atoms with Gasteiger partial charge in [-0.05, 0) is 87.5 Å². The number of nitrogens with one attached hydrogen (secondary N) is 1. The molecule has 0 saturated carbocycles. The number of rotatable bonds is 9. The molecule has 6 nitrogen and oxygen atoms in total. The highest BCUT2D eigenvalue weighted by Gasteiger charge is 2.17. The van der Waals surface area contributed by atoms with Gasteiger partial charge in [-0.3, -0.25) is 9.52 Å². The summed E-state index contributed by atoms with van der Waals surface area (Å²) in [7, 11) is -3.61. The first-order valence-electron chi connectivity index (χ1n) is 8.64. The lowest BCUT2D eigenvalue weighted by molar-refractivity contribution is -0.136. The lowest BCUT2D eigenvalue weighted by Crippen LogP contribution is -2.16. The van der Waals surface area contributed by atoms with E-state index in [4.69, 9.17) is 9.84 Å². The van der Waals surface area contributed by atoms with Crippen molar-refractivity contribution < 1.29 is 27.4 Å². The van der Waals surface area contributed by atoms with Crippen LogP contribution in [0, 0.1) is 12.7 Å². The Balaban J connectivity index is 2.23. The van der Waals surface area contributed by atoms with Crippen LogP contribution >= 0.6 is 31.9 Å². The topological polar surface area (TPSA) is 92.7 Å². The molecule has 0 aliphatic heterocycles. The quantitative estimate of drug-likeness (QED) is 0.456. The predicted octanol–water partition coefficient (Wildman–Crippen LogP) is 5.02. The maximum absolute atomic E-state index is 14.8. The molecular formula is C19H20Br2FNO5S. The Morgan fingerprint density at radius 2 is 1.83 bits per heavy atom. The van der Waals surface area contributed by atoms with Crippen molar-refractivity contribution in [2.24, 2.45) is 0 Å². The predicted molar refractivity (Wildman–Crippen MR) is 116 cm³/mol. The Labute approximate surface area is 185 Å². The number of hydrogen-bond donors (Lipinski definition) is 2. The number of carbonyl (C=O) groups is 1. The van der Waals surface area contributed by atoms with Crippen LogP contribution in [0.3, 0.4) is 0 Å². The number of hydrogen-bond acceptors (Lipinski definition) is 4. The second kappa shape index (κ2) is 9.90. The summed E-state index contributed by atoms with van der Waals surface area (Å²) >= 11 is 6.77. The fourth-order valence-corrected chi connectivity index (χ4v) is 4.70. The third-order valence-electron chi connectivity index (χ3n) is 4.00. The highest BCUT2D eigenvalue weighted by molar-refractivity contribution is 9.11. The number of carboxylic acid groups (broad SMARTS) is 1. The minimum absolute atomic E-state index is 0.00400. The second-order valence-electron chi connectivity index (χ2n) is 6.36. The molecule has 29 heavy (non-hydrogen) atoms. The summed E-state index contributed by atoms with van der Waals surface area (Å²) in [4.78, 5) is 10.7. The minimum Gasteiger partial charge on any atom is -0.486 e. The molecule has 2 aromatic rings. The molecule has 0 unspecified atom stereocenters. The van der Waals surface area contributed by atoms with Crippen LogP contribution < -0.4 is 9.46 Å². The van der Waals surface area contributed by atoms with Gasteiger partial charge < -0.3 is 9.84 Å². The summed E-state index contributed by atoms with van der Waals surface area (Å²) in [5, 5.41) is 8.81. The van der Waals surface area contributed by atoms with Gasteiger partial charge >= 0.3 is 5.97 Å². The van der Waals surface area contributed by atoms with E-state index >= 15 is 0 Å². The van der Waals surface area contributed by atoms with Gasteiger partial charge in [0.25, 0.3) is 0 Å². The number of anilines is 1. The third-order valence-corrected chi connectivity index (χ3v) is 6.46. The normalized spacial score (nSPS) is 11.3. The number of benzene rings is 2. The summed E-state index contributed by atoms with van der Waals surface area (Å²) < 4.78 is 47.5. The van der Waals surface area contributed by atoms with Crippen molar-refractivity contribution in [3.63, 3.8) is 0 Å². The number of ether oxygens (including phenoxy) is 1. The first-order chi connectivity index (χ1) is 13.5. The van der Waals surface area contributed by atoms with E-state index in [1.54, 1.807) is 25.1 Å². The molecule has 2 rings (SSSR count). The van der Waals surface area contributed by atoms with E-state index < -0.39 is 21.8 Å². The molecule has 0 spiro atoms. The standard InChI is InChI=1S/C19H20Br2FNO5S/c1-3-29(26,27)23-16-7-11(2)6-13(18(16)22)10-28-19-14(20)8-12(9-15(19)21)4-5-17(24)25/h6-9,23H,3-5,10H2,1-2H3,(H,24,25). The average molecular weight is 553 g/mol. The molecule has 0 amide bonds. The van der Waals surface area contributed by atoms with Crippen LogP contribution in [0.4, 0.5) is 10.1 Å². The summed E-state index contributed by atoms with van der Waals surface area (Å²) in [5.74, 6) is -1.32. The molecule has 0 fully saturated rings. The maximum Gasteiger partial charge on any atom is 0.303 e. The molecule has 0 aliphatic rings. The van der Waals surface area contributed by atoms with Gasteiger partial charge in [0.1, 0.15) is 12.4 Å². The Kier molecular flexibility index (Phi) is 8.07. The summed E-state index contributed by atoms with van der Waals surface area (Å²) in [6, 6.07) is 6.50. The highest BCUT2D eigenvalue weighted by Crippen LogP contribution is 2.36. The highest BCUT2D eigenvalue weighted by atomic mass is 79.9. The fourth-order valence-electron chi connectivity index (χ4n) is 2.56. The zero-order valence-electron chi connectivity index (χ0n) is 15.8. The van der Waals surface area contributed by atoms with Crippen molar-refractivity contribution in [2.75, 3.05) is 10.5 Å². The van der Waals surface area contributed by atoms with Gasteiger partial charge in [-0.15, -0.1) is 0 Å². The van der Waals surface area contributed by atoms with Crippen LogP contribution in [-0.2, 0) is 27.8 Å². The van der Waals surface area contributed by atoms with Crippen LogP contribution in [0.25, 0.3) is 0 Å². The van der Waals surface area contributed by atoms with Crippen molar-refractivity contribution in [1.29, 1.82) is 0 Å². The van der Waals surface area contributed by atoms with Gasteiger partial charge in [0.15, 0.2) is 5.82 Å². The van der Waals surface area contributed by atoms with Gasteiger partial charge in [0.2, 0.25) is 10.0 Å². The van der Waals surface area contributed by atoms with Gasteiger partial charge in [-0.25, -0.2) is 12.8 Å². The fraction of sp³-hybridized carbons (Fsp3) is 0.316. The van der Waals surface area contributed by atoms with Gasteiger partial charge in [-0.2, -0.15) is 0 Å². The SMILES string of the molecule is CCS(=O)(=O)Nc1cc(C)cc(COc2c(Br)cc(CCC(=O)O)cc2Br)c1F. The van der Waals surface area contributed by atoms with Crippen LogP contribution in [0.1, 0.15) is 30.0 Å². The van der Waals surface area contributed by atoms with Crippen LogP contribution in [0.2, 0.25) is 0 Å². The molecule has 0 bridgehead atoms. The molecule has 0 aromatic heterocycles. The molecule has 158 valence electrons. The van der Waals surface area contributed by atoms with Gasteiger partial charge in [0, 0.05) is 12.0 Å². The van der Waals surface area contributed by atoms with Crippen molar-refractivity contribution in [3.05, 3.63) is 55.7 Å². The second-order valence-corrected chi connectivity index (χ2v) is 10.1. The number of aryl methyl sites for hydroxylation is 2.